The van der Waals surface area contributed by atoms with Crippen LogP contribution in [0.2, 0.25) is 0 Å². The highest BCUT2D eigenvalue weighted by Crippen LogP contribution is 2.33. The third-order valence-electron chi connectivity index (χ3n) is 3.76. The molecule has 1 fully saturated rings. The number of esters is 4. The molecule has 0 bridgehead atoms. The Labute approximate surface area is 188 Å². The first-order chi connectivity index (χ1) is 14.5. The zero-order valence-corrected chi connectivity index (χ0v) is 19.0. The van der Waals surface area contributed by atoms with Crippen molar-refractivity contribution in [3.05, 3.63) is 0 Å². The van der Waals surface area contributed by atoms with Gasteiger partial charge in [0.25, 0.3) is 0 Å². The summed E-state index contributed by atoms with van der Waals surface area (Å²) in [5, 5.41) is 9.19. The maximum Gasteiger partial charge on any atom is 0.322 e. The van der Waals surface area contributed by atoms with Crippen LogP contribution in [0.4, 0.5) is 0 Å². The SMILES string of the molecule is CC(=O)OC[C@H]1OC(SN[C@@H](CS)C(=O)O)[C@H](OC(C)=O)[C@@H](OC(C)=O)[C@@H]1OC(C)=O. The number of aliphatic carboxylic acids is 1. The second kappa shape index (κ2) is 12.7. The molecular formula is C17H25NO11S2. The first kappa shape index (κ1) is 27.0. The van der Waals surface area contributed by atoms with Gasteiger partial charge in [-0.15, -0.1) is 0 Å². The number of thiol groups is 1. The fourth-order valence-electron chi connectivity index (χ4n) is 2.60. The van der Waals surface area contributed by atoms with Gasteiger partial charge in [-0.25, -0.2) is 4.72 Å². The van der Waals surface area contributed by atoms with Gasteiger partial charge in [-0.05, 0) is 11.9 Å². The third kappa shape index (κ3) is 8.93. The lowest BCUT2D eigenvalue weighted by Crippen LogP contribution is -2.62. The molecule has 2 N–H and O–H groups in total. The molecule has 0 radical (unpaired) electrons. The molecule has 0 saturated carbocycles. The van der Waals surface area contributed by atoms with Crippen molar-refractivity contribution in [2.45, 2.75) is 63.6 Å². The zero-order valence-electron chi connectivity index (χ0n) is 17.3. The van der Waals surface area contributed by atoms with E-state index in [4.69, 9.17) is 23.7 Å². The van der Waals surface area contributed by atoms with Crippen LogP contribution in [-0.4, -0.2) is 83.2 Å². The molecule has 0 spiro atoms. The number of hydrogen-bond acceptors (Lipinski definition) is 13. The zero-order chi connectivity index (χ0) is 23.7. The van der Waals surface area contributed by atoms with Crippen LogP contribution in [-0.2, 0) is 47.7 Å². The molecule has 176 valence electrons. The molecule has 1 aliphatic heterocycles. The van der Waals surface area contributed by atoms with Crippen LogP contribution in [0.1, 0.15) is 27.7 Å². The number of rotatable bonds is 10. The summed E-state index contributed by atoms with van der Waals surface area (Å²) in [5.41, 5.74) is -1.12. The van der Waals surface area contributed by atoms with E-state index < -0.39 is 65.7 Å². The normalized spacial score (nSPS) is 26.3. The summed E-state index contributed by atoms with van der Waals surface area (Å²) in [6, 6.07) is -1.08. The summed E-state index contributed by atoms with van der Waals surface area (Å²) < 4.78 is 29.2. The van der Waals surface area contributed by atoms with E-state index in [1.54, 1.807) is 0 Å². The Morgan fingerprint density at radius 2 is 1.45 bits per heavy atom. The van der Waals surface area contributed by atoms with E-state index >= 15 is 0 Å². The summed E-state index contributed by atoms with van der Waals surface area (Å²) >= 11 is 4.70. The summed E-state index contributed by atoms with van der Waals surface area (Å²) in [5.74, 6) is -4.14. The Morgan fingerprint density at radius 3 is 1.90 bits per heavy atom. The van der Waals surface area contributed by atoms with E-state index in [9.17, 15) is 29.1 Å². The molecule has 1 saturated heterocycles. The number of carboxylic acid groups (broad SMARTS) is 1. The number of carbonyl (C=O) groups is 5. The predicted octanol–water partition coefficient (Wildman–Crippen LogP) is -0.310. The van der Waals surface area contributed by atoms with Crippen LogP contribution in [0.5, 0.6) is 0 Å². The summed E-state index contributed by atoms with van der Waals surface area (Å²) in [7, 11) is 0. The van der Waals surface area contributed by atoms with Gasteiger partial charge >= 0.3 is 29.8 Å². The lowest BCUT2D eigenvalue weighted by atomic mass is 9.99. The molecule has 0 aliphatic carbocycles. The topological polar surface area (TPSA) is 164 Å². The number of carboxylic acids is 1. The second-order valence-corrected chi connectivity index (χ2v) is 7.68. The first-order valence-corrected chi connectivity index (χ1v) is 10.5. The van der Waals surface area contributed by atoms with Crippen molar-refractivity contribution >= 4 is 54.4 Å². The summed E-state index contributed by atoms with van der Waals surface area (Å²) in [4.78, 5) is 57.6. The minimum absolute atomic E-state index is 0.0619. The highest BCUT2D eigenvalue weighted by molar-refractivity contribution is 7.98. The average Bonchev–Trinajstić information content (AvgIpc) is 2.63. The van der Waals surface area contributed by atoms with E-state index in [-0.39, 0.29) is 12.4 Å². The van der Waals surface area contributed by atoms with Crippen molar-refractivity contribution in [3.8, 4) is 0 Å². The van der Waals surface area contributed by atoms with E-state index in [0.29, 0.717) is 0 Å². The van der Waals surface area contributed by atoms with Crippen molar-refractivity contribution in [1.29, 1.82) is 0 Å². The van der Waals surface area contributed by atoms with Gasteiger partial charge in [0, 0.05) is 33.4 Å². The molecule has 0 aromatic carbocycles. The molecule has 6 atom stereocenters. The highest BCUT2D eigenvalue weighted by atomic mass is 32.2. The molecular weight excluding hydrogens is 458 g/mol. The van der Waals surface area contributed by atoms with E-state index in [0.717, 1.165) is 39.6 Å². The van der Waals surface area contributed by atoms with Crippen molar-refractivity contribution in [2.75, 3.05) is 12.4 Å². The van der Waals surface area contributed by atoms with Crippen LogP contribution in [0, 0.1) is 0 Å². The number of carbonyl (C=O) groups excluding carboxylic acids is 4. The lowest BCUT2D eigenvalue weighted by molar-refractivity contribution is -0.237. The van der Waals surface area contributed by atoms with Crippen molar-refractivity contribution in [3.63, 3.8) is 0 Å². The molecule has 1 aliphatic rings. The largest absolute Gasteiger partial charge is 0.480 e. The minimum Gasteiger partial charge on any atom is -0.480 e. The van der Waals surface area contributed by atoms with Gasteiger partial charge in [0.15, 0.2) is 23.7 Å². The van der Waals surface area contributed by atoms with Gasteiger partial charge in [0.2, 0.25) is 0 Å². The Hall–Kier alpha value is -2.03. The highest BCUT2D eigenvalue weighted by Gasteiger charge is 2.52. The standard InChI is InChI=1S/C17H25NO11S2/c1-7(19)25-5-12-13(26-8(2)20)14(27-9(3)21)15(28-10(4)22)17(29-12)31-18-11(6-30)16(23)24/h11-15,17-18,30H,5-6H2,1-4H3,(H,23,24)/t11-,12+,13+,14-,15+,17?/m0/s1. The first-order valence-electron chi connectivity index (χ1n) is 9.01. The van der Waals surface area contributed by atoms with Gasteiger partial charge in [0.05, 0.1) is 0 Å². The fourth-order valence-corrected chi connectivity index (χ4v) is 3.99. The van der Waals surface area contributed by atoms with E-state index in [1.165, 1.54) is 0 Å². The van der Waals surface area contributed by atoms with Crippen LogP contribution in [0.3, 0.4) is 0 Å². The number of hydrogen-bond donors (Lipinski definition) is 3. The van der Waals surface area contributed by atoms with Crippen LogP contribution in [0.25, 0.3) is 0 Å². The molecule has 0 amide bonds. The van der Waals surface area contributed by atoms with Gasteiger partial charge in [-0.1, -0.05) is 0 Å². The van der Waals surface area contributed by atoms with Crippen molar-refractivity contribution in [1.82, 2.24) is 4.72 Å². The fraction of sp³-hybridized carbons (Fsp3) is 0.706. The number of ether oxygens (including phenoxy) is 5. The molecule has 31 heavy (non-hydrogen) atoms. The minimum atomic E-state index is -1.32. The van der Waals surface area contributed by atoms with Crippen LogP contribution < -0.4 is 4.72 Å². The smallest absolute Gasteiger partial charge is 0.322 e. The predicted molar refractivity (Wildman–Crippen MR) is 108 cm³/mol. The maximum absolute atomic E-state index is 11.7. The van der Waals surface area contributed by atoms with Gasteiger partial charge in [0.1, 0.15) is 18.8 Å². The molecule has 0 aromatic rings. The Kier molecular flexibility index (Phi) is 11.1. The van der Waals surface area contributed by atoms with Crippen molar-refractivity contribution in [2.24, 2.45) is 0 Å². The van der Waals surface area contributed by atoms with Crippen LogP contribution in [0.15, 0.2) is 0 Å². The maximum atomic E-state index is 11.7. The van der Waals surface area contributed by atoms with E-state index in [2.05, 4.69) is 17.4 Å². The van der Waals surface area contributed by atoms with E-state index in [1.807, 2.05) is 0 Å². The molecule has 1 heterocycles. The molecule has 14 heteroatoms. The Bertz CT molecular complexity index is 689. The molecule has 1 rings (SSSR count). The van der Waals surface area contributed by atoms with Crippen LogP contribution >= 0.6 is 24.6 Å². The summed E-state index contributed by atoms with van der Waals surface area (Å²) in [6.07, 6.45) is -4.99. The average molecular weight is 484 g/mol. The number of nitrogens with one attached hydrogen (secondary N) is 1. The van der Waals surface area contributed by atoms with Crippen molar-refractivity contribution < 1.29 is 52.8 Å². The molecule has 12 nitrogen and oxygen atoms in total. The summed E-state index contributed by atoms with van der Waals surface area (Å²) in [6.45, 7) is 4.12. The van der Waals surface area contributed by atoms with Gasteiger partial charge < -0.3 is 28.8 Å². The Balaban J connectivity index is 3.28. The monoisotopic (exact) mass is 483 g/mol. The third-order valence-corrected chi connectivity index (χ3v) is 5.15. The second-order valence-electron chi connectivity index (χ2n) is 6.38. The quantitative estimate of drug-likeness (QED) is 0.161. The van der Waals surface area contributed by atoms with Gasteiger partial charge in [-0.2, -0.15) is 12.6 Å². The lowest BCUT2D eigenvalue weighted by Gasteiger charge is -2.44. The van der Waals surface area contributed by atoms with Gasteiger partial charge in [-0.3, -0.25) is 24.0 Å². The molecule has 1 unspecified atom stereocenters. The molecule has 0 aromatic heterocycles. The Morgan fingerprint density at radius 1 is 0.935 bits per heavy atom.